The van der Waals surface area contributed by atoms with Gasteiger partial charge in [-0.15, -0.1) is 0 Å². The lowest BCUT2D eigenvalue weighted by Crippen LogP contribution is -1.93. The summed E-state index contributed by atoms with van der Waals surface area (Å²) >= 11 is 0. The van der Waals surface area contributed by atoms with Crippen LogP contribution in [0, 0.1) is 34.8 Å². The largest absolute Gasteiger partial charge is 0.481 e. The summed E-state index contributed by atoms with van der Waals surface area (Å²) in [5.41, 5.74) is -0.153. The predicted molar refractivity (Wildman–Crippen MR) is 50.2 cm³/mol. The summed E-state index contributed by atoms with van der Waals surface area (Å²) in [6.07, 6.45) is -0.427. The van der Waals surface area contributed by atoms with Crippen LogP contribution in [0.4, 0.5) is 8.78 Å². The quantitative estimate of drug-likeness (QED) is 0.733. The number of aliphatic carboxylic acids is 1. The second kappa shape index (κ2) is 4.90. The minimum Gasteiger partial charge on any atom is -0.481 e. The number of nitriles is 1. The molecule has 5 heteroatoms. The molecule has 0 spiro atoms. The molecular formula is C11H5F2NO2. The summed E-state index contributed by atoms with van der Waals surface area (Å²) in [6, 6.07) is 3.13. The summed E-state index contributed by atoms with van der Waals surface area (Å²) in [4.78, 5) is 10.2. The van der Waals surface area contributed by atoms with Crippen molar-refractivity contribution >= 4 is 5.97 Å². The van der Waals surface area contributed by atoms with E-state index < -0.39 is 24.0 Å². The molecule has 16 heavy (non-hydrogen) atoms. The van der Waals surface area contributed by atoms with E-state index in [0.717, 1.165) is 12.1 Å². The van der Waals surface area contributed by atoms with E-state index in [1.807, 2.05) is 0 Å². The van der Waals surface area contributed by atoms with Gasteiger partial charge in [0, 0.05) is 5.56 Å². The second-order valence-corrected chi connectivity index (χ2v) is 2.80. The number of carboxylic acids is 1. The molecule has 0 unspecified atom stereocenters. The van der Waals surface area contributed by atoms with Gasteiger partial charge in [-0.1, -0.05) is 11.8 Å². The molecule has 0 aliphatic rings. The van der Waals surface area contributed by atoms with Gasteiger partial charge in [0.25, 0.3) is 0 Å². The Balaban J connectivity index is 3.12. The number of carboxylic acid groups (broad SMARTS) is 1. The van der Waals surface area contributed by atoms with Gasteiger partial charge in [-0.2, -0.15) is 5.26 Å². The topological polar surface area (TPSA) is 61.1 Å². The van der Waals surface area contributed by atoms with Crippen molar-refractivity contribution in [2.45, 2.75) is 6.42 Å². The number of halogens is 2. The molecule has 0 heterocycles. The number of nitrogens with zero attached hydrogens (tertiary/aromatic N) is 1. The lowest BCUT2D eigenvalue weighted by Gasteiger charge is -1.96. The molecule has 0 aliphatic heterocycles. The molecule has 0 bridgehead atoms. The lowest BCUT2D eigenvalue weighted by molar-refractivity contribution is -0.135. The number of hydrogen-bond acceptors (Lipinski definition) is 2. The fourth-order valence-electron chi connectivity index (χ4n) is 0.958. The molecule has 0 atom stereocenters. The Morgan fingerprint density at radius 3 is 2.38 bits per heavy atom. The van der Waals surface area contributed by atoms with Crippen LogP contribution >= 0.6 is 0 Å². The van der Waals surface area contributed by atoms with Crippen LogP contribution in [-0.2, 0) is 4.79 Å². The van der Waals surface area contributed by atoms with Crippen LogP contribution in [-0.4, -0.2) is 11.1 Å². The average Bonchev–Trinajstić information content (AvgIpc) is 2.22. The molecule has 0 saturated carbocycles. The summed E-state index contributed by atoms with van der Waals surface area (Å²) in [5, 5.41) is 16.9. The van der Waals surface area contributed by atoms with E-state index in [1.54, 1.807) is 6.07 Å². The van der Waals surface area contributed by atoms with Crippen molar-refractivity contribution in [1.82, 2.24) is 0 Å². The van der Waals surface area contributed by atoms with E-state index in [1.165, 1.54) is 0 Å². The van der Waals surface area contributed by atoms with Crippen LogP contribution in [0.5, 0.6) is 0 Å². The van der Waals surface area contributed by atoms with Crippen LogP contribution < -0.4 is 0 Å². The summed E-state index contributed by atoms with van der Waals surface area (Å²) in [5.74, 6) is 1.14. The Labute approximate surface area is 89.9 Å². The maximum absolute atomic E-state index is 12.8. The molecule has 0 amide bonds. The van der Waals surface area contributed by atoms with Crippen molar-refractivity contribution in [2.75, 3.05) is 0 Å². The molecule has 1 rings (SSSR count). The van der Waals surface area contributed by atoms with Gasteiger partial charge in [0.05, 0.1) is 5.56 Å². The Morgan fingerprint density at radius 2 is 1.88 bits per heavy atom. The van der Waals surface area contributed by atoms with Gasteiger partial charge in [0.2, 0.25) is 0 Å². The number of rotatable bonds is 1. The normalized spacial score (nSPS) is 8.81. The summed E-state index contributed by atoms with van der Waals surface area (Å²) in [6.45, 7) is 0. The second-order valence-electron chi connectivity index (χ2n) is 2.80. The standard InChI is InChI=1S/C11H5F2NO2/c12-9-4-7(2-1-3-11(15)16)8(6-14)5-10(9)13/h4-5H,3H2,(H,15,16). The number of carbonyl (C=O) groups is 1. The van der Waals surface area contributed by atoms with Crippen molar-refractivity contribution in [2.24, 2.45) is 0 Å². The molecule has 1 aromatic carbocycles. The Kier molecular flexibility index (Phi) is 3.58. The highest BCUT2D eigenvalue weighted by Gasteiger charge is 2.07. The smallest absolute Gasteiger partial charge is 0.315 e. The molecule has 80 valence electrons. The molecule has 0 saturated heterocycles. The third-order valence-corrected chi connectivity index (χ3v) is 1.64. The Morgan fingerprint density at radius 1 is 1.31 bits per heavy atom. The molecule has 0 aromatic heterocycles. The molecule has 0 fully saturated rings. The van der Waals surface area contributed by atoms with Crippen LogP contribution in [0.15, 0.2) is 12.1 Å². The van der Waals surface area contributed by atoms with Crippen LogP contribution in [0.3, 0.4) is 0 Å². The Hall–Kier alpha value is -2.40. The van der Waals surface area contributed by atoms with E-state index in [0.29, 0.717) is 0 Å². The third-order valence-electron chi connectivity index (χ3n) is 1.64. The minimum atomic E-state index is -1.14. The third kappa shape index (κ3) is 2.79. The van der Waals surface area contributed by atoms with Crippen molar-refractivity contribution < 1.29 is 18.7 Å². The van der Waals surface area contributed by atoms with Crippen molar-refractivity contribution in [3.8, 4) is 17.9 Å². The maximum atomic E-state index is 12.8. The molecule has 3 nitrogen and oxygen atoms in total. The highest BCUT2D eigenvalue weighted by atomic mass is 19.2. The highest BCUT2D eigenvalue weighted by molar-refractivity contribution is 5.70. The predicted octanol–water partition coefficient (Wildman–Crippen LogP) is 1.66. The van der Waals surface area contributed by atoms with E-state index in [4.69, 9.17) is 10.4 Å². The number of benzene rings is 1. The molecule has 0 radical (unpaired) electrons. The first-order valence-electron chi connectivity index (χ1n) is 4.14. The van der Waals surface area contributed by atoms with E-state index in [2.05, 4.69) is 11.8 Å². The van der Waals surface area contributed by atoms with Gasteiger partial charge in [0.15, 0.2) is 11.6 Å². The first kappa shape index (κ1) is 11.7. The number of hydrogen-bond donors (Lipinski definition) is 1. The van der Waals surface area contributed by atoms with Crippen LogP contribution in [0.1, 0.15) is 17.5 Å². The lowest BCUT2D eigenvalue weighted by atomic mass is 10.1. The van der Waals surface area contributed by atoms with Gasteiger partial charge in [-0.3, -0.25) is 4.79 Å². The van der Waals surface area contributed by atoms with E-state index in [-0.39, 0.29) is 11.1 Å². The average molecular weight is 221 g/mol. The van der Waals surface area contributed by atoms with Gasteiger partial charge >= 0.3 is 5.97 Å². The zero-order chi connectivity index (χ0) is 12.1. The first-order chi connectivity index (χ1) is 7.54. The van der Waals surface area contributed by atoms with Crippen LogP contribution in [0.25, 0.3) is 0 Å². The van der Waals surface area contributed by atoms with Gasteiger partial charge in [0.1, 0.15) is 12.5 Å². The van der Waals surface area contributed by atoms with Crippen molar-refractivity contribution in [3.05, 3.63) is 34.9 Å². The van der Waals surface area contributed by atoms with Crippen LogP contribution in [0.2, 0.25) is 0 Å². The monoisotopic (exact) mass is 221 g/mol. The zero-order valence-corrected chi connectivity index (χ0v) is 7.92. The van der Waals surface area contributed by atoms with Gasteiger partial charge in [-0.05, 0) is 12.1 Å². The Bertz CT molecular complexity index is 535. The van der Waals surface area contributed by atoms with Crippen molar-refractivity contribution in [1.29, 1.82) is 5.26 Å². The van der Waals surface area contributed by atoms with E-state index in [9.17, 15) is 13.6 Å². The molecule has 1 aromatic rings. The molecule has 0 aliphatic carbocycles. The molecular weight excluding hydrogens is 216 g/mol. The van der Waals surface area contributed by atoms with Gasteiger partial charge < -0.3 is 5.11 Å². The highest BCUT2D eigenvalue weighted by Crippen LogP contribution is 2.13. The maximum Gasteiger partial charge on any atom is 0.315 e. The first-order valence-corrected chi connectivity index (χ1v) is 4.14. The minimum absolute atomic E-state index is 0.0253. The summed E-state index contributed by atoms with van der Waals surface area (Å²) in [7, 11) is 0. The van der Waals surface area contributed by atoms with E-state index >= 15 is 0 Å². The fraction of sp³-hybridized carbons (Fsp3) is 0.0909. The fourth-order valence-corrected chi connectivity index (χ4v) is 0.958. The summed E-state index contributed by atoms with van der Waals surface area (Å²) < 4.78 is 25.5. The zero-order valence-electron chi connectivity index (χ0n) is 7.92. The van der Waals surface area contributed by atoms with Crippen molar-refractivity contribution in [3.63, 3.8) is 0 Å². The SMILES string of the molecule is N#Cc1cc(F)c(F)cc1C#CCC(=O)O. The molecule has 1 N–H and O–H groups in total. The van der Waals surface area contributed by atoms with Gasteiger partial charge in [-0.25, -0.2) is 8.78 Å².